The predicted octanol–water partition coefficient (Wildman–Crippen LogP) is 3.15. The van der Waals surface area contributed by atoms with Crippen LogP contribution < -0.4 is 5.73 Å². The first kappa shape index (κ1) is 14.9. The third-order valence-corrected chi connectivity index (χ3v) is 3.14. The summed E-state index contributed by atoms with van der Waals surface area (Å²) in [5, 5.41) is 0.853. The third-order valence-electron chi connectivity index (χ3n) is 3.14. The van der Waals surface area contributed by atoms with Gasteiger partial charge in [0, 0.05) is 17.4 Å². The first-order valence-electron chi connectivity index (χ1n) is 6.93. The Morgan fingerprint density at radius 3 is 2.95 bits per heavy atom. The summed E-state index contributed by atoms with van der Waals surface area (Å²) in [6.45, 7) is 2.12. The number of esters is 1. The van der Waals surface area contributed by atoms with Crippen molar-refractivity contribution in [3.05, 3.63) is 35.5 Å². The SMILES string of the molecule is CCCCC#Cc1cc(C(=O)OC)nc2c(N)cccc12. The van der Waals surface area contributed by atoms with Gasteiger partial charge in [-0.25, -0.2) is 9.78 Å². The number of nitrogen functional groups attached to an aromatic ring is 1. The summed E-state index contributed by atoms with van der Waals surface area (Å²) in [5.74, 6) is 5.75. The highest BCUT2D eigenvalue weighted by atomic mass is 16.5. The van der Waals surface area contributed by atoms with E-state index >= 15 is 0 Å². The summed E-state index contributed by atoms with van der Waals surface area (Å²) < 4.78 is 4.73. The number of methoxy groups -OCH3 is 1. The lowest BCUT2D eigenvalue weighted by Gasteiger charge is -2.06. The zero-order chi connectivity index (χ0) is 15.2. The minimum absolute atomic E-state index is 0.225. The molecule has 0 bridgehead atoms. The number of anilines is 1. The normalized spacial score (nSPS) is 10.0. The Balaban J connectivity index is 2.57. The number of pyridine rings is 1. The van der Waals surface area contributed by atoms with Gasteiger partial charge in [0.2, 0.25) is 0 Å². The third kappa shape index (κ3) is 3.32. The molecule has 0 aliphatic heterocycles. The van der Waals surface area contributed by atoms with Gasteiger partial charge in [-0.3, -0.25) is 0 Å². The Bertz CT molecular complexity index is 727. The Labute approximate surface area is 124 Å². The van der Waals surface area contributed by atoms with Gasteiger partial charge in [0.1, 0.15) is 5.69 Å². The van der Waals surface area contributed by atoms with Crippen molar-refractivity contribution in [1.82, 2.24) is 4.98 Å². The van der Waals surface area contributed by atoms with Crippen LogP contribution in [-0.4, -0.2) is 18.1 Å². The number of nitrogens with zero attached hydrogens (tertiary/aromatic N) is 1. The molecule has 0 unspecified atom stereocenters. The Morgan fingerprint density at radius 2 is 2.24 bits per heavy atom. The Hall–Kier alpha value is -2.54. The zero-order valence-electron chi connectivity index (χ0n) is 12.3. The van der Waals surface area contributed by atoms with Crippen molar-refractivity contribution < 1.29 is 9.53 Å². The van der Waals surface area contributed by atoms with Gasteiger partial charge < -0.3 is 10.5 Å². The molecule has 0 spiro atoms. The van der Waals surface area contributed by atoms with Crippen molar-refractivity contribution in [1.29, 1.82) is 0 Å². The molecule has 21 heavy (non-hydrogen) atoms. The molecule has 0 saturated carbocycles. The molecule has 1 aromatic heterocycles. The van der Waals surface area contributed by atoms with Crippen LogP contribution in [0.4, 0.5) is 5.69 Å². The number of benzene rings is 1. The molecule has 2 N–H and O–H groups in total. The molecule has 4 nitrogen and oxygen atoms in total. The highest BCUT2D eigenvalue weighted by Gasteiger charge is 2.12. The van der Waals surface area contributed by atoms with Crippen molar-refractivity contribution in [3.63, 3.8) is 0 Å². The van der Waals surface area contributed by atoms with Crippen LogP contribution in [0.1, 0.15) is 42.2 Å². The van der Waals surface area contributed by atoms with E-state index in [4.69, 9.17) is 10.5 Å². The van der Waals surface area contributed by atoms with Crippen LogP contribution in [0.25, 0.3) is 10.9 Å². The predicted molar refractivity (Wildman–Crippen MR) is 83.9 cm³/mol. The molecule has 4 heteroatoms. The van der Waals surface area contributed by atoms with Crippen molar-refractivity contribution in [2.45, 2.75) is 26.2 Å². The smallest absolute Gasteiger partial charge is 0.356 e. The molecule has 0 atom stereocenters. The first-order chi connectivity index (χ1) is 10.2. The fourth-order valence-electron chi connectivity index (χ4n) is 2.01. The Morgan fingerprint density at radius 1 is 1.43 bits per heavy atom. The van der Waals surface area contributed by atoms with Crippen LogP contribution in [0.5, 0.6) is 0 Å². The van der Waals surface area contributed by atoms with E-state index in [1.165, 1.54) is 7.11 Å². The van der Waals surface area contributed by atoms with Gasteiger partial charge in [0.05, 0.1) is 18.3 Å². The average Bonchev–Trinajstić information content (AvgIpc) is 2.51. The Kier molecular flexibility index (Phi) is 4.78. The average molecular weight is 282 g/mol. The molecule has 1 aromatic carbocycles. The van der Waals surface area contributed by atoms with Crippen LogP contribution in [0.15, 0.2) is 24.3 Å². The highest BCUT2D eigenvalue weighted by Crippen LogP contribution is 2.23. The summed E-state index contributed by atoms with van der Waals surface area (Å²) in [6, 6.07) is 7.18. The maximum atomic E-state index is 11.7. The van der Waals surface area contributed by atoms with Gasteiger partial charge in [-0.1, -0.05) is 37.3 Å². The molecular weight excluding hydrogens is 264 g/mol. The standard InChI is InChI=1S/C17H18N2O2/c1-3-4-5-6-8-12-11-15(17(20)21-2)19-16-13(12)9-7-10-14(16)18/h7,9-11H,3-5,18H2,1-2H3. The van der Waals surface area contributed by atoms with Crippen LogP contribution in [0.2, 0.25) is 0 Å². The zero-order valence-corrected chi connectivity index (χ0v) is 12.3. The number of fused-ring (bicyclic) bond motifs is 1. The topological polar surface area (TPSA) is 65.2 Å². The second-order valence-electron chi connectivity index (χ2n) is 4.70. The molecule has 2 rings (SSSR count). The molecule has 0 aliphatic rings. The highest BCUT2D eigenvalue weighted by molar-refractivity contribution is 5.98. The van der Waals surface area contributed by atoms with E-state index in [0.717, 1.165) is 30.2 Å². The van der Waals surface area contributed by atoms with E-state index in [1.807, 2.05) is 12.1 Å². The molecule has 2 aromatic rings. The molecule has 0 fully saturated rings. The van der Waals surface area contributed by atoms with Crippen LogP contribution in [0, 0.1) is 11.8 Å². The molecule has 0 radical (unpaired) electrons. The fourth-order valence-corrected chi connectivity index (χ4v) is 2.01. The van der Waals surface area contributed by atoms with E-state index in [2.05, 4.69) is 23.7 Å². The minimum Gasteiger partial charge on any atom is -0.464 e. The summed E-state index contributed by atoms with van der Waals surface area (Å²) in [7, 11) is 1.33. The monoisotopic (exact) mass is 282 g/mol. The second-order valence-corrected chi connectivity index (χ2v) is 4.70. The van der Waals surface area contributed by atoms with E-state index in [0.29, 0.717) is 11.2 Å². The van der Waals surface area contributed by atoms with Crippen molar-refractivity contribution >= 4 is 22.6 Å². The van der Waals surface area contributed by atoms with E-state index in [-0.39, 0.29) is 5.69 Å². The van der Waals surface area contributed by atoms with Crippen molar-refractivity contribution in [3.8, 4) is 11.8 Å². The number of aromatic nitrogens is 1. The summed E-state index contributed by atoms with van der Waals surface area (Å²) in [4.78, 5) is 16.0. The summed E-state index contributed by atoms with van der Waals surface area (Å²) >= 11 is 0. The van der Waals surface area contributed by atoms with Crippen LogP contribution >= 0.6 is 0 Å². The molecule has 1 heterocycles. The summed E-state index contributed by atoms with van der Waals surface area (Å²) in [5.41, 5.74) is 8.03. The molecular formula is C17H18N2O2. The number of rotatable bonds is 3. The number of ether oxygens (including phenoxy) is 1. The van der Waals surface area contributed by atoms with Gasteiger partial charge in [-0.15, -0.1) is 0 Å². The molecule has 0 amide bonds. The maximum Gasteiger partial charge on any atom is 0.356 e. The van der Waals surface area contributed by atoms with Gasteiger partial charge in [0.15, 0.2) is 0 Å². The van der Waals surface area contributed by atoms with Gasteiger partial charge in [-0.05, 0) is 18.6 Å². The quantitative estimate of drug-likeness (QED) is 0.406. The van der Waals surface area contributed by atoms with Crippen molar-refractivity contribution in [2.75, 3.05) is 12.8 Å². The molecule has 0 aliphatic carbocycles. The van der Waals surface area contributed by atoms with Gasteiger partial charge in [0.25, 0.3) is 0 Å². The number of para-hydroxylation sites is 1. The van der Waals surface area contributed by atoms with E-state index in [9.17, 15) is 4.79 Å². The fraction of sp³-hybridized carbons (Fsp3) is 0.294. The first-order valence-corrected chi connectivity index (χ1v) is 6.93. The number of carbonyl (C=O) groups is 1. The maximum absolute atomic E-state index is 11.7. The van der Waals surface area contributed by atoms with E-state index < -0.39 is 5.97 Å². The van der Waals surface area contributed by atoms with E-state index in [1.54, 1.807) is 12.1 Å². The lowest BCUT2D eigenvalue weighted by Crippen LogP contribution is -2.06. The number of hydrogen-bond donors (Lipinski definition) is 1. The second kappa shape index (κ2) is 6.76. The largest absolute Gasteiger partial charge is 0.464 e. The number of carbonyl (C=O) groups excluding carboxylic acids is 1. The summed E-state index contributed by atoms with van der Waals surface area (Å²) in [6.07, 6.45) is 2.99. The minimum atomic E-state index is -0.489. The lowest BCUT2D eigenvalue weighted by atomic mass is 10.1. The molecule has 108 valence electrons. The van der Waals surface area contributed by atoms with Gasteiger partial charge in [-0.2, -0.15) is 0 Å². The van der Waals surface area contributed by atoms with Gasteiger partial charge >= 0.3 is 5.97 Å². The van der Waals surface area contributed by atoms with Crippen LogP contribution in [0.3, 0.4) is 0 Å². The van der Waals surface area contributed by atoms with Crippen LogP contribution in [-0.2, 0) is 4.74 Å². The number of unbranched alkanes of at least 4 members (excludes halogenated alkanes) is 2. The molecule has 0 saturated heterocycles. The van der Waals surface area contributed by atoms with Crippen molar-refractivity contribution in [2.24, 2.45) is 0 Å². The number of nitrogens with two attached hydrogens (primary N) is 1. The lowest BCUT2D eigenvalue weighted by molar-refractivity contribution is 0.0594. The number of hydrogen-bond acceptors (Lipinski definition) is 4.